The van der Waals surface area contributed by atoms with Crippen LogP contribution in [-0.2, 0) is 47.9 Å². The number of hydrogen-bond donors (Lipinski definition) is 15. The molecule has 20 N–H and O–H groups in total. The summed E-state index contributed by atoms with van der Waals surface area (Å²) in [4.78, 5) is 124. The van der Waals surface area contributed by atoms with Gasteiger partial charge in [0.05, 0.1) is 31.3 Å². The molecule has 25 nitrogen and oxygen atoms in total. The Bertz CT molecular complexity index is 1410. The molecule has 0 spiro atoms. The highest BCUT2D eigenvalue weighted by atomic mass is 16.4. The molecule has 0 bridgehead atoms. The summed E-state index contributed by atoms with van der Waals surface area (Å²) in [6, 6.07) is -11.7. The molecule has 0 aromatic carbocycles. The minimum Gasteiger partial charge on any atom is -0.480 e. The molecule has 0 fully saturated rings. The standard InChI is InChI=1S/C31H55N11O14/c1-13(44)23(30(54)42-24(14(2)45)31(55)56)41-29(53)19(12-43)40-26(50)16(5-3-4-10-32)37-27(51)17(7-9-21(35)47)38-28(52)18(11-22(36)48)39-25(49)15(33)6-8-20(34)46/h13-19,23-24,43-45H,3-12,32-33H2,1-2H3,(H2,34,46)(H2,35,47)(H2,36,48)(H,37,51)(H,38,52)(H,39,49)(H,40,50)(H,41,53)(H,42,54)(H,55,56)/t13-,14-,15+,16+,17+,18+,19+,23+,24+/m1/s1. The number of primary amides is 3. The minimum atomic E-state index is -1.84. The Balaban J connectivity index is 6.23. The summed E-state index contributed by atoms with van der Waals surface area (Å²) in [5.74, 6) is -11.1. The van der Waals surface area contributed by atoms with Gasteiger partial charge in [0.2, 0.25) is 53.2 Å². The van der Waals surface area contributed by atoms with Crippen LogP contribution in [0.25, 0.3) is 0 Å². The van der Waals surface area contributed by atoms with Crippen molar-refractivity contribution in [1.29, 1.82) is 0 Å². The van der Waals surface area contributed by atoms with Gasteiger partial charge in [-0.15, -0.1) is 0 Å². The van der Waals surface area contributed by atoms with Gasteiger partial charge < -0.3 is 81.0 Å². The van der Waals surface area contributed by atoms with E-state index in [2.05, 4.69) is 26.6 Å². The van der Waals surface area contributed by atoms with E-state index in [1.165, 1.54) is 0 Å². The van der Waals surface area contributed by atoms with E-state index >= 15 is 0 Å². The molecule has 56 heavy (non-hydrogen) atoms. The molecule has 318 valence electrons. The molecule has 0 saturated carbocycles. The average Bonchev–Trinajstić information content (AvgIpc) is 3.10. The third-order valence-corrected chi connectivity index (χ3v) is 7.89. The van der Waals surface area contributed by atoms with Crippen LogP contribution in [0.3, 0.4) is 0 Å². The highest BCUT2D eigenvalue weighted by Gasteiger charge is 2.35. The molecule has 0 rings (SSSR count). The summed E-state index contributed by atoms with van der Waals surface area (Å²) in [5, 5.41) is 52.0. The first-order chi connectivity index (χ1) is 26.0. The Morgan fingerprint density at radius 1 is 0.536 bits per heavy atom. The summed E-state index contributed by atoms with van der Waals surface area (Å²) in [5.41, 5.74) is 26.8. The second-order valence-corrected chi connectivity index (χ2v) is 12.8. The lowest BCUT2D eigenvalue weighted by Crippen LogP contribution is -2.62. The Kier molecular flexibility index (Phi) is 23.0. The molecule has 0 aliphatic carbocycles. The molecule has 9 atom stereocenters. The summed E-state index contributed by atoms with van der Waals surface area (Å²) in [6.45, 7) is 1.22. The van der Waals surface area contributed by atoms with Crippen LogP contribution in [0, 0.1) is 0 Å². The quantitative estimate of drug-likeness (QED) is 0.0327. The summed E-state index contributed by atoms with van der Waals surface area (Å²) < 4.78 is 0. The van der Waals surface area contributed by atoms with Crippen LogP contribution in [0.2, 0.25) is 0 Å². The van der Waals surface area contributed by atoms with Crippen molar-refractivity contribution in [2.24, 2.45) is 28.7 Å². The SMILES string of the molecule is C[C@@H](O)[C@H](NC(=O)[C@@H](NC(=O)[C@H](CO)NC(=O)[C@H](CCCCN)NC(=O)[C@H](CCC(N)=O)NC(=O)[C@H](CC(N)=O)NC(=O)[C@@H](N)CCC(N)=O)[C@@H](C)O)C(=O)O. The van der Waals surface area contributed by atoms with Crippen molar-refractivity contribution in [3.8, 4) is 0 Å². The zero-order valence-electron chi connectivity index (χ0n) is 31.0. The smallest absolute Gasteiger partial charge is 0.328 e. The first-order valence-electron chi connectivity index (χ1n) is 17.4. The highest BCUT2D eigenvalue weighted by molar-refractivity contribution is 5.98. The normalized spacial score (nSPS) is 15.8. The molecule has 0 unspecified atom stereocenters. The van der Waals surface area contributed by atoms with Gasteiger partial charge in [0.25, 0.3) is 0 Å². The zero-order chi connectivity index (χ0) is 43.3. The van der Waals surface area contributed by atoms with Crippen molar-refractivity contribution in [1.82, 2.24) is 31.9 Å². The van der Waals surface area contributed by atoms with Crippen LogP contribution in [0.1, 0.15) is 65.2 Å². The van der Waals surface area contributed by atoms with Crippen molar-refractivity contribution in [2.75, 3.05) is 13.2 Å². The van der Waals surface area contributed by atoms with Crippen LogP contribution in [0.5, 0.6) is 0 Å². The fraction of sp³-hybridized carbons (Fsp3) is 0.677. The molecule has 0 aliphatic rings. The van der Waals surface area contributed by atoms with E-state index in [1.807, 2.05) is 5.32 Å². The van der Waals surface area contributed by atoms with Crippen LogP contribution >= 0.6 is 0 Å². The maximum absolute atomic E-state index is 13.5. The van der Waals surface area contributed by atoms with Crippen LogP contribution < -0.4 is 60.6 Å². The van der Waals surface area contributed by atoms with E-state index < -0.39 is 140 Å². The zero-order valence-corrected chi connectivity index (χ0v) is 31.0. The maximum Gasteiger partial charge on any atom is 0.328 e. The number of nitrogens with two attached hydrogens (primary N) is 5. The Morgan fingerprint density at radius 2 is 0.964 bits per heavy atom. The molecule has 9 amide bonds. The fourth-order valence-electron chi connectivity index (χ4n) is 4.74. The summed E-state index contributed by atoms with van der Waals surface area (Å²) in [6.07, 6.45) is -5.02. The number of amides is 9. The number of carboxylic acids is 1. The van der Waals surface area contributed by atoms with E-state index in [9.17, 15) is 68.4 Å². The van der Waals surface area contributed by atoms with Crippen LogP contribution in [0.4, 0.5) is 0 Å². The number of unbranched alkanes of at least 4 members (excludes halogenated alkanes) is 1. The number of aliphatic hydroxyl groups excluding tert-OH is 3. The van der Waals surface area contributed by atoms with Crippen molar-refractivity contribution in [3.05, 3.63) is 0 Å². The number of rotatable bonds is 28. The Labute approximate surface area is 320 Å². The van der Waals surface area contributed by atoms with Gasteiger partial charge in [-0.2, -0.15) is 0 Å². The van der Waals surface area contributed by atoms with E-state index in [0.717, 1.165) is 13.8 Å². The predicted molar refractivity (Wildman–Crippen MR) is 191 cm³/mol. The number of hydrogen-bond acceptors (Lipinski definition) is 15. The lowest BCUT2D eigenvalue weighted by atomic mass is 10.0. The van der Waals surface area contributed by atoms with Crippen molar-refractivity contribution >= 4 is 59.1 Å². The molecule has 25 heteroatoms. The van der Waals surface area contributed by atoms with Gasteiger partial charge in [0.1, 0.15) is 30.2 Å². The first kappa shape index (κ1) is 50.5. The van der Waals surface area contributed by atoms with E-state index in [0.29, 0.717) is 6.42 Å². The summed E-state index contributed by atoms with van der Waals surface area (Å²) >= 11 is 0. The molecule has 0 heterocycles. The molecule has 0 aromatic rings. The largest absolute Gasteiger partial charge is 0.480 e. The Hall–Kier alpha value is -5.50. The average molecular weight is 806 g/mol. The second-order valence-electron chi connectivity index (χ2n) is 12.8. The molecule has 0 saturated heterocycles. The third kappa shape index (κ3) is 19.2. The fourth-order valence-corrected chi connectivity index (χ4v) is 4.74. The van der Waals surface area contributed by atoms with Gasteiger partial charge in [-0.3, -0.25) is 43.2 Å². The van der Waals surface area contributed by atoms with Gasteiger partial charge in [-0.05, 0) is 52.5 Å². The van der Waals surface area contributed by atoms with E-state index in [-0.39, 0.29) is 32.2 Å². The van der Waals surface area contributed by atoms with Gasteiger partial charge in [-0.25, -0.2) is 4.79 Å². The van der Waals surface area contributed by atoms with Crippen molar-refractivity contribution in [3.63, 3.8) is 0 Å². The molecule has 0 aliphatic heterocycles. The first-order valence-corrected chi connectivity index (χ1v) is 17.4. The van der Waals surface area contributed by atoms with Crippen molar-refractivity contribution in [2.45, 2.75) is 120 Å². The van der Waals surface area contributed by atoms with Crippen LogP contribution in [-0.4, -0.2) is 147 Å². The predicted octanol–water partition coefficient (Wildman–Crippen LogP) is -8.40. The minimum absolute atomic E-state index is 0.136. The third-order valence-electron chi connectivity index (χ3n) is 7.89. The number of aliphatic carboxylic acids is 1. The van der Waals surface area contributed by atoms with E-state index in [4.69, 9.17) is 28.7 Å². The molecular formula is C31H55N11O14. The molecular weight excluding hydrogens is 750 g/mol. The van der Waals surface area contributed by atoms with Gasteiger partial charge in [-0.1, -0.05) is 0 Å². The van der Waals surface area contributed by atoms with Crippen LogP contribution in [0.15, 0.2) is 0 Å². The number of nitrogens with one attached hydrogen (secondary N) is 6. The second kappa shape index (κ2) is 25.6. The van der Waals surface area contributed by atoms with Gasteiger partial charge >= 0.3 is 5.97 Å². The Morgan fingerprint density at radius 3 is 1.41 bits per heavy atom. The molecule has 0 aromatic heterocycles. The number of carbonyl (C=O) groups excluding carboxylic acids is 9. The number of aliphatic hydroxyl groups is 3. The monoisotopic (exact) mass is 805 g/mol. The van der Waals surface area contributed by atoms with Crippen molar-refractivity contribution < 1.29 is 68.4 Å². The van der Waals surface area contributed by atoms with Gasteiger partial charge in [0.15, 0.2) is 6.04 Å². The topological polar surface area (TPSA) is 454 Å². The highest BCUT2D eigenvalue weighted by Crippen LogP contribution is 2.07. The van der Waals surface area contributed by atoms with Gasteiger partial charge in [0, 0.05) is 12.8 Å². The maximum atomic E-state index is 13.5. The lowest BCUT2D eigenvalue weighted by Gasteiger charge is -2.28. The number of carboxylic acid groups (broad SMARTS) is 1. The lowest BCUT2D eigenvalue weighted by molar-refractivity contribution is -0.146. The van der Waals surface area contributed by atoms with E-state index in [1.54, 1.807) is 0 Å². The summed E-state index contributed by atoms with van der Waals surface area (Å²) in [7, 11) is 0. The number of carbonyl (C=O) groups is 10. The molecule has 0 radical (unpaired) electrons.